The Bertz CT molecular complexity index is 684. The third-order valence-electron chi connectivity index (χ3n) is 2.99. The van der Waals surface area contributed by atoms with Crippen molar-refractivity contribution in [3.63, 3.8) is 0 Å². The van der Waals surface area contributed by atoms with Gasteiger partial charge >= 0.3 is 0 Å². The van der Waals surface area contributed by atoms with E-state index in [9.17, 15) is 10.1 Å². The van der Waals surface area contributed by atoms with E-state index in [-0.39, 0.29) is 17.3 Å². The fraction of sp³-hybridized carbons (Fsp3) is 0.308. The fourth-order valence-electron chi connectivity index (χ4n) is 1.93. The van der Waals surface area contributed by atoms with Crippen molar-refractivity contribution in [1.82, 2.24) is 9.78 Å². The highest BCUT2D eigenvalue weighted by atomic mass is 35.5. The highest BCUT2D eigenvalue weighted by Gasteiger charge is 2.19. The van der Waals surface area contributed by atoms with E-state index >= 15 is 0 Å². The molecule has 0 atom stereocenters. The molecule has 2 rings (SSSR count). The van der Waals surface area contributed by atoms with Crippen LogP contribution < -0.4 is 9.47 Å². The molecule has 1 aromatic carbocycles. The maximum absolute atomic E-state index is 10.9. The van der Waals surface area contributed by atoms with Crippen molar-refractivity contribution in [2.24, 2.45) is 7.05 Å². The third-order valence-corrected chi connectivity index (χ3v) is 3.25. The summed E-state index contributed by atoms with van der Waals surface area (Å²) < 4.78 is 12.4. The average Bonchev–Trinajstić information content (AvgIpc) is 2.72. The Kier molecular flexibility index (Phi) is 4.32. The van der Waals surface area contributed by atoms with Crippen LogP contribution in [0.3, 0.4) is 0 Å². The summed E-state index contributed by atoms with van der Waals surface area (Å²) in [5, 5.41) is 15.1. The van der Waals surface area contributed by atoms with E-state index in [0.717, 1.165) is 11.3 Å². The number of hydrogen-bond acceptors (Lipinski definition) is 5. The second-order valence-electron chi connectivity index (χ2n) is 4.32. The number of aromatic nitrogens is 2. The Morgan fingerprint density at radius 2 is 2.14 bits per heavy atom. The fourth-order valence-corrected chi connectivity index (χ4v) is 2.23. The smallest absolute Gasteiger partial charge is 0.273 e. The Balaban J connectivity index is 2.47. The monoisotopic (exact) mass is 311 g/mol. The maximum Gasteiger partial charge on any atom is 0.273 e. The van der Waals surface area contributed by atoms with E-state index in [1.165, 1.54) is 30.0 Å². The Hall–Kier alpha value is -2.28. The summed E-state index contributed by atoms with van der Waals surface area (Å²) in [7, 11) is 3.17. The lowest BCUT2D eigenvalue weighted by atomic mass is 10.2. The van der Waals surface area contributed by atoms with Crippen LogP contribution in [0, 0.1) is 17.0 Å². The standard InChI is InChI=1S/C13H14ClN3O4/c1-8-10(7-14)13(16(2)15-8)21-12-6-9(17(18)19)4-5-11(12)20-3/h4-6H,7H2,1-3H3. The van der Waals surface area contributed by atoms with Crippen molar-refractivity contribution in [1.29, 1.82) is 0 Å². The number of methoxy groups -OCH3 is 1. The van der Waals surface area contributed by atoms with Crippen molar-refractivity contribution in [2.75, 3.05) is 7.11 Å². The van der Waals surface area contributed by atoms with Gasteiger partial charge in [0.2, 0.25) is 5.88 Å². The molecule has 0 aliphatic carbocycles. The topological polar surface area (TPSA) is 79.4 Å². The zero-order valence-corrected chi connectivity index (χ0v) is 12.5. The summed E-state index contributed by atoms with van der Waals surface area (Å²) >= 11 is 5.90. The van der Waals surface area contributed by atoms with E-state index in [0.29, 0.717) is 11.6 Å². The first-order valence-electron chi connectivity index (χ1n) is 6.06. The molecule has 0 aliphatic heterocycles. The minimum absolute atomic E-state index is 0.0860. The molecular formula is C13H14ClN3O4. The largest absolute Gasteiger partial charge is 0.493 e. The van der Waals surface area contributed by atoms with E-state index < -0.39 is 4.92 Å². The van der Waals surface area contributed by atoms with Crippen molar-refractivity contribution in [2.45, 2.75) is 12.8 Å². The summed E-state index contributed by atoms with van der Waals surface area (Å²) in [5.74, 6) is 1.29. The predicted octanol–water partition coefficient (Wildman–Crippen LogP) is 3.18. The lowest BCUT2D eigenvalue weighted by molar-refractivity contribution is -0.384. The molecular weight excluding hydrogens is 298 g/mol. The second kappa shape index (κ2) is 6.01. The molecule has 0 saturated carbocycles. The van der Waals surface area contributed by atoms with Gasteiger partial charge in [0.15, 0.2) is 11.5 Å². The predicted molar refractivity (Wildman–Crippen MR) is 77.2 cm³/mol. The number of benzene rings is 1. The van der Waals surface area contributed by atoms with Crippen molar-refractivity contribution in [3.8, 4) is 17.4 Å². The Labute approximate surface area is 126 Å². The minimum Gasteiger partial charge on any atom is -0.493 e. The van der Waals surface area contributed by atoms with Gasteiger partial charge in [-0.1, -0.05) is 0 Å². The van der Waals surface area contributed by atoms with Crippen molar-refractivity contribution >= 4 is 17.3 Å². The molecule has 0 radical (unpaired) electrons. The second-order valence-corrected chi connectivity index (χ2v) is 4.59. The van der Waals surface area contributed by atoms with E-state index in [1.54, 1.807) is 7.05 Å². The normalized spacial score (nSPS) is 10.5. The van der Waals surface area contributed by atoms with Gasteiger partial charge in [-0.3, -0.25) is 10.1 Å². The van der Waals surface area contributed by atoms with Crippen LogP contribution in [0.4, 0.5) is 5.69 Å². The molecule has 1 heterocycles. The molecule has 2 aromatic rings. The molecule has 1 aromatic heterocycles. The number of hydrogen-bond donors (Lipinski definition) is 0. The van der Waals surface area contributed by atoms with Gasteiger partial charge in [-0.15, -0.1) is 11.6 Å². The van der Waals surface area contributed by atoms with E-state index in [1.807, 2.05) is 6.92 Å². The summed E-state index contributed by atoms with van der Waals surface area (Å²) in [6.45, 7) is 1.81. The van der Waals surface area contributed by atoms with Crippen LogP contribution >= 0.6 is 11.6 Å². The molecule has 21 heavy (non-hydrogen) atoms. The maximum atomic E-state index is 10.9. The summed E-state index contributed by atoms with van der Waals surface area (Å²) in [6.07, 6.45) is 0. The zero-order valence-electron chi connectivity index (χ0n) is 11.8. The molecule has 0 unspecified atom stereocenters. The van der Waals surface area contributed by atoms with Crippen LogP contribution in [-0.2, 0) is 12.9 Å². The van der Waals surface area contributed by atoms with Gasteiger partial charge < -0.3 is 9.47 Å². The van der Waals surface area contributed by atoms with E-state index in [2.05, 4.69) is 5.10 Å². The quantitative estimate of drug-likeness (QED) is 0.481. The Morgan fingerprint density at radius 3 is 2.71 bits per heavy atom. The number of alkyl halides is 1. The van der Waals surface area contributed by atoms with Crippen LogP contribution in [0.5, 0.6) is 17.4 Å². The van der Waals surface area contributed by atoms with Gasteiger partial charge in [-0.05, 0) is 13.0 Å². The van der Waals surface area contributed by atoms with Gasteiger partial charge in [0.25, 0.3) is 5.69 Å². The molecule has 0 fully saturated rings. The first kappa shape index (κ1) is 15.1. The van der Waals surface area contributed by atoms with E-state index in [4.69, 9.17) is 21.1 Å². The number of nitrogens with zero attached hydrogens (tertiary/aromatic N) is 3. The number of rotatable bonds is 5. The molecule has 0 bridgehead atoms. The Morgan fingerprint density at radius 1 is 1.43 bits per heavy atom. The minimum atomic E-state index is -0.497. The van der Waals surface area contributed by atoms with Crippen LogP contribution in [-0.4, -0.2) is 21.8 Å². The van der Waals surface area contributed by atoms with Gasteiger partial charge in [-0.2, -0.15) is 5.10 Å². The van der Waals surface area contributed by atoms with Crippen LogP contribution in [0.15, 0.2) is 18.2 Å². The molecule has 112 valence electrons. The number of nitro groups is 1. The molecule has 8 heteroatoms. The van der Waals surface area contributed by atoms with Crippen molar-refractivity contribution < 1.29 is 14.4 Å². The van der Waals surface area contributed by atoms with Crippen molar-refractivity contribution in [3.05, 3.63) is 39.6 Å². The molecule has 0 aliphatic rings. The lowest BCUT2D eigenvalue weighted by Gasteiger charge is -2.11. The highest BCUT2D eigenvalue weighted by molar-refractivity contribution is 6.17. The van der Waals surface area contributed by atoms with Gasteiger partial charge in [0.1, 0.15) is 0 Å². The third kappa shape index (κ3) is 2.92. The molecule has 0 saturated heterocycles. The number of ether oxygens (including phenoxy) is 2. The average molecular weight is 312 g/mol. The van der Waals surface area contributed by atoms with Gasteiger partial charge in [0.05, 0.1) is 35.2 Å². The molecule has 7 nitrogen and oxygen atoms in total. The number of non-ortho nitro benzene ring substituents is 1. The summed E-state index contributed by atoms with van der Waals surface area (Å²) in [4.78, 5) is 10.4. The van der Waals surface area contributed by atoms with Crippen LogP contribution in [0.2, 0.25) is 0 Å². The molecule has 0 spiro atoms. The SMILES string of the molecule is COc1ccc([N+](=O)[O-])cc1Oc1c(CCl)c(C)nn1C. The number of nitro benzene ring substituents is 1. The molecule has 0 amide bonds. The summed E-state index contributed by atoms with van der Waals surface area (Å²) in [5.41, 5.74) is 1.39. The van der Waals surface area contributed by atoms with Crippen LogP contribution in [0.1, 0.15) is 11.3 Å². The summed E-state index contributed by atoms with van der Waals surface area (Å²) in [6, 6.07) is 4.14. The first-order chi connectivity index (χ1) is 9.97. The number of aryl methyl sites for hydroxylation is 2. The lowest BCUT2D eigenvalue weighted by Crippen LogP contribution is -1.99. The van der Waals surface area contributed by atoms with Gasteiger partial charge in [-0.25, -0.2) is 4.68 Å². The van der Waals surface area contributed by atoms with Crippen LogP contribution in [0.25, 0.3) is 0 Å². The first-order valence-corrected chi connectivity index (χ1v) is 6.60. The highest BCUT2D eigenvalue weighted by Crippen LogP contribution is 2.36. The zero-order chi connectivity index (χ0) is 15.6. The number of halogens is 1. The van der Waals surface area contributed by atoms with Gasteiger partial charge in [0, 0.05) is 13.1 Å². The molecule has 0 N–H and O–H groups in total.